The number of hydrogen-bond acceptors (Lipinski definition) is 2. The summed E-state index contributed by atoms with van der Waals surface area (Å²) >= 11 is 3.46. The Hall–Kier alpha value is -0.870. The van der Waals surface area contributed by atoms with E-state index in [1.54, 1.807) is 0 Å². The molecule has 0 aromatic heterocycles. The Balaban J connectivity index is 1.92. The molecule has 2 unspecified atom stereocenters. The molecule has 2 rings (SSSR count). The van der Waals surface area contributed by atoms with Gasteiger partial charge in [0.1, 0.15) is 0 Å². The molecule has 0 aliphatic heterocycles. The first kappa shape index (κ1) is 13.6. The monoisotopic (exact) mass is 311 g/mol. The summed E-state index contributed by atoms with van der Waals surface area (Å²) < 4.78 is 1.02. The number of halogens is 1. The summed E-state index contributed by atoms with van der Waals surface area (Å²) in [6.45, 7) is 2.02. The molecule has 0 bridgehead atoms. The molecule has 1 amide bonds. The van der Waals surface area contributed by atoms with Crippen LogP contribution >= 0.6 is 15.9 Å². The molecule has 1 aromatic carbocycles. The fourth-order valence-corrected chi connectivity index (χ4v) is 2.72. The van der Waals surface area contributed by atoms with Crippen molar-refractivity contribution >= 4 is 21.8 Å². The number of aliphatic hydroxyl groups is 1. The highest BCUT2D eigenvalue weighted by atomic mass is 79.9. The first-order chi connectivity index (χ1) is 8.56. The van der Waals surface area contributed by atoms with Gasteiger partial charge in [-0.2, -0.15) is 0 Å². The van der Waals surface area contributed by atoms with E-state index < -0.39 is 0 Å². The second kappa shape index (κ2) is 5.85. The number of rotatable bonds is 3. The van der Waals surface area contributed by atoms with Crippen LogP contribution in [0.15, 0.2) is 22.7 Å². The van der Waals surface area contributed by atoms with E-state index in [2.05, 4.69) is 21.2 Å². The Morgan fingerprint density at radius 3 is 2.89 bits per heavy atom. The SMILES string of the molecule is Cc1ccc(CC(=O)NC2CCCC2O)cc1Br. The van der Waals surface area contributed by atoms with E-state index in [1.165, 1.54) is 0 Å². The average Bonchev–Trinajstić information content (AvgIpc) is 2.70. The first-order valence-electron chi connectivity index (χ1n) is 6.28. The van der Waals surface area contributed by atoms with Crippen molar-refractivity contribution in [1.82, 2.24) is 5.32 Å². The summed E-state index contributed by atoms with van der Waals surface area (Å²) in [5.41, 5.74) is 2.14. The summed E-state index contributed by atoms with van der Waals surface area (Å²) in [6, 6.07) is 5.87. The fourth-order valence-electron chi connectivity index (χ4n) is 2.30. The van der Waals surface area contributed by atoms with Crippen molar-refractivity contribution < 1.29 is 9.90 Å². The third-order valence-corrected chi connectivity index (χ3v) is 4.28. The highest BCUT2D eigenvalue weighted by molar-refractivity contribution is 9.10. The molecule has 1 aliphatic carbocycles. The van der Waals surface area contributed by atoms with Crippen molar-refractivity contribution in [2.75, 3.05) is 0 Å². The molecule has 98 valence electrons. The van der Waals surface area contributed by atoms with Crippen LogP contribution in [0.4, 0.5) is 0 Å². The Bertz CT molecular complexity index is 447. The summed E-state index contributed by atoms with van der Waals surface area (Å²) in [7, 11) is 0. The predicted octanol–water partition coefficient (Wildman–Crippen LogP) is 2.33. The second-order valence-electron chi connectivity index (χ2n) is 4.93. The van der Waals surface area contributed by atoms with E-state index in [0.29, 0.717) is 6.42 Å². The van der Waals surface area contributed by atoms with Crippen molar-refractivity contribution in [2.45, 2.75) is 44.8 Å². The largest absolute Gasteiger partial charge is 0.391 e. The molecule has 1 aliphatic rings. The summed E-state index contributed by atoms with van der Waals surface area (Å²) in [5, 5.41) is 12.6. The molecule has 0 radical (unpaired) electrons. The molecule has 0 heterocycles. The van der Waals surface area contributed by atoms with Gasteiger partial charge in [-0.15, -0.1) is 0 Å². The molecule has 1 aromatic rings. The van der Waals surface area contributed by atoms with Gasteiger partial charge in [0.05, 0.1) is 18.6 Å². The zero-order chi connectivity index (χ0) is 13.1. The van der Waals surface area contributed by atoms with Gasteiger partial charge in [0.2, 0.25) is 5.91 Å². The molecule has 1 fully saturated rings. The number of nitrogens with one attached hydrogen (secondary N) is 1. The molecule has 3 nitrogen and oxygen atoms in total. The van der Waals surface area contributed by atoms with Crippen molar-refractivity contribution in [3.05, 3.63) is 33.8 Å². The van der Waals surface area contributed by atoms with Crippen LogP contribution in [-0.2, 0) is 11.2 Å². The molecular formula is C14H18BrNO2. The van der Waals surface area contributed by atoms with E-state index in [4.69, 9.17) is 0 Å². The van der Waals surface area contributed by atoms with Gasteiger partial charge < -0.3 is 10.4 Å². The highest BCUT2D eigenvalue weighted by Gasteiger charge is 2.26. The van der Waals surface area contributed by atoms with Crippen LogP contribution in [0.3, 0.4) is 0 Å². The topological polar surface area (TPSA) is 49.3 Å². The summed E-state index contributed by atoms with van der Waals surface area (Å²) in [4.78, 5) is 11.9. The molecule has 1 saturated carbocycles. The van der Waals surface area contributed by atoms with Crippen LogP contribution in [0.25, 0.3) is 0 Å². The number of aryl methyl sites for hydroxylation is 1. The lowest BCUT2D eigenvalue weighted by atomic mass is 10.1. The molecule has 0 saturated heterocycles. The van der Waals surface area contributed by atoms with E-state index in [1.807, 2.05) is 25.1 Å². The quantitative estimate of drug-likeness (QED) is 0.900. The van der Waals surface area contributed by atoms with Crippen molar-refractivity contribution in [1.29, 1.82) is 0 Å². The van der Waals surface area contributed by atoms with Gasteiger partial charge in [0, 0.05) is 4.47 Å². The van der Waals surface area contributed by atoms with E-state index >= 15 is 0 Å². The molecular weight excluding hydrogens is 294 g/mol. The minimum atomic E-state index is -0.376. The minimum Gasteiger partial charge on any atom is -0.391 e. The zero-order valence-corrected chi connectivity index (χ0v) is 12.0. The Labute approximate surface area is 116 Å². The maximum absolute atomic E-state index is 11.9. The van der Waals surface area contributed by atoms with Gasteiger partial charge in [0.15, 0.2) is 0 Å². The number of carbonyl (C=O) groups excluding carboxylic acids is 1. The highest BCUT2D eigenvalue weighted by Crippen LogP contribution is 2.20. The van der Waals surface area contributed by atoms with Gasteiger partial charge >= 0.3 is 0 Å². The lowest BCUT2D eigenvalue weighted by molar-refractivity contribution is -0.121. The maximum Gasteiger partial charge on any atom is 0.224 e. The summed E-state index contributed by atoms with van der Waals surface area (Å²) in [6.07, 6.45) is 2.65. The van der Waals surface area contributed by atoms with Gasteiger partial charge in [-0.3, -0.25) is 4.79 Å². The van der Waals surface area contributed by atoms with Gasteiger partial charge in [-0.05, 0) is 43.4 Å². The normalized spacial score (nSPS) is 23.1. The standard InChI is InChI=1S/C14H18BrNO2/c1-9-5-6-10(7-11(9)15)8-14(18)16-12-3-2-4-13(12)17/h5-7,12-13,17H,2-4,8H2,1H3,(H,16,18). The number of aliphatic hydroxyl groups excluding tert-OH is 1. The van der Waals surface area contributed by atoms with Crippen LogP contribution < -0.4 is 5.32 Å². The number of hydrogen-bond donors (Lipinski definition) is 2. The number of carbonyl (C=O) groups is 1. The predicted molar refractivity (Wildman–Crippen MR) is 74.4 cm³/mol. The van der Waals surface area contributed by atoms with Crippen molar-refractivity contribution in [3.63, 3.8) is 0 Å². The second-order valence-corrected chi connectivity index (χ2v) is 5.79. The van der Waals surface area contributed by atoms with Crippen LogP contribution in [0.2, 0.25) is 0 Å². The van der Waals surface area contributed by atoms with Crippen LogP contribution in [0.5, 0.6) is 0 Å². The smallest absolute Gasteiger partial charge is 0.224 e. The maximum atomic E-state index is 11.9. The van der Waals surface area contributed by atoms with Crippen LogP contribution in [-0.4, -0.2) is 23.2 Å². The third kappa shape index (κ3) is 3.33. The molecule has 18 heavy (non-hydrogen) atoms. The lowest BCUT2D eigenvalue weighted by Gasteiger charge is -2.16. The average molecular weight is 312 g/mol. The zero-order valence-electron chi connectivity index (χ0n) is 10.4. The number of benzene rings is 1. The van der Waals surface area contributed by atoms with Crippen LogP contribution in [0.1, 0.15) is 30.4 Å². The van der Waals surface area contributed by atoms with E-state index in [-0.39, 0.29) is 18.1 Å². The molecule has 2 atom stereocenters. The molecule has 0 spiro atoms. The van der Waals surface area contributed by atoms with Gasteiger partial charge in [-0.25, -0.2) is 0 Å². The van der Waals surface area contributed by atoms with E-state index in [9.17, 15) is 9.90 Å². The fraction of sp³-hybridized carbons (Fsp3) is 0.500. The minimum absolute atomic E-state index is 0.0169. The Morgan fingerprint density at radius 2 is 2.28 bits per heavy atom. The third-order valence-electron chi connectivity index (χ3n) is 3.43. The molecule has 4 heteroatoms. The van der Waals surface area contributed by atoms with Gasteiger partial charge in [0.25, 0.3) is 0 Å². The van der Waals surface area contributed by atoms with Crippen molar-refractivity contribution in [3.8, 4) is 0 Å². The Kier molecular flexibility index (Phi) is 4.40. The summed E-state index contributed by atoms with van der Waals surface area (Å²) in [5.74, 6) is -0.0169. The van der Waals surface area contributed by atoms with Crippen molar-refractivity contribution in [2.24, 2.45) is 0 Å². The Morgan fingerprint density at radius 1 is 1.50 bits per heavy atom. The first-order valence-corrected chi connectivity index (χ1v) is 7.08. The lowest BCUT2D eigenvalue weighted by Crippen LogP contribution is -2.40. The van der Waals surface area contributed by atoms with Crippen LogP contribution in [0, 0.1) is 6.92 Å². The van der Waals surface area contributed by atoms with Gasteiger partial charge in [-0.1, -0.05) is 28.1 Å². The molecule has 2 N–H and O–H groups in total. The van der Waals surface area contributed by atoms with E-state index in [0.717, 1.165) is 34.9 Å². The number of amides is 1.